The van der Waals surface area contributed by atoms with Crippen molar-refractivity contribution in [2.45, 2.75) is 13.0 Å². The third-order valence-corrected chi connectivity index (χ3v) is 4.40. The summed E-state index contributed by atoms with van der Waals surface area (Å²) in [6.07, 6.45) is 2.03. The van der Waals surface area contributed by atoms with Crippen LogP contribution in [0.1, 0.15) is 11.1 Å². The normalized spacial score (nSPS) is 16.4. The molecule has 1 heterocycles. The number of sulfonamides is 1. The first kappa shape index (κ1) is 15.1. The smallest absolute Gasteiger partial charge is 0.208 e. The lowest BCUT2D eigenvalue weighted by Crippen LogP contribution is -2.37. The number of fused-ring (bicyclic) bond motifs is 1. The third kappa shape index (κ3) is 4.33. The highest BCUT2D eigenvalue weighted by atomic mass is 35.5. The van der Waals surface area contributed by atoms with Gasteiger partial charge < -0.3 is 0 Å². The fraction of sp³-hybridized carbons (Fsp3) is 0.500. The van der Waals surface area contributed by atoms with Crippen molar-refractivity contribution in [2.75, 3.05) is 25.9 Å². The van der Waals surface area contributed by atoms with E-state index < -0.39 is 10.0 Å². The molecule has 0 aliphatic carbocycles. The summed E-state index contributed by atoms with van der Waals surface area (Å²) in [6, 6.07) is 3.70. The van der Waals surface area contributed by atoms with E-state index in [1.54, 1.807) is 6.07 Å². The molecule has 0 radical (unpaired) electrons. The molecule has 1 aromatic rings. The van der Waals surface area contributed by atoms with Gasteiger partial charge in [0.25, 0.3) is 0 Å². The minimum Gasteiger partial charge on any atom is -0.297 e. The van der Waals surface area contributed by atoms with Gasteiger partial charge in [-0.1, -0.05) is 23.2 Å². The molecule has 2 rings (SSSR count). The van der Waals surface area contributed by atoms with Gasteiger partial charge in [0, 0.05) is 36.2 Å². The number of nitrogens with zero attached hydrogens (tertiary/aromatic N) is 1. The molecule has 0 aromatic heterocycles. The molecule has 4 nitrogen and oxygen atoms in total. The van der Waals surface area contributed by atoms with Crippen molar-refractivity contribution >= 4 is 33.2 Å². The van der Waals surface area contributed by atoms with Crippen LogP contribution in [0.2, 0.25) is 10.0 Å². The maximum absolute atomic E-state index is 11.0. The molecule has 7 heteroatoms. The highest BCUT2D eigenvalue weighted by Crippen LogP contribution is 2.29. The number of nitrogens with one attached hydrogen (secondary N) is 1. The van der Waals surface area contributed by atoms with Crippen molar-refractivity contribution in [3.8, 4) is 0 Å². The molecule has 0 saturated carbocycles. The number of hydrogen-bond donors (Lipinski definition) is 1. The summed E-state index contributed by atoms with van der Waals surface area (Å²) in [6.45, 7) is 2.72. The van der Waals surface area contributed by atoms with Crippen molar-refractivity contribution in [1.29, 1.82) is 0 Å². The largest absolute Gasteiger partial charge is 0.297 e. The van der Waals surface area contributed by atoms with Crippen LogP contribution < -0.4 is 4.72 Å². The predicted molar refractivity (Wildman–Crippen MR) is 78.3 cm³/mol. The Morgan fingerprint density at radius 3 is 2.79 bits per heavy atom. The van der Waals surface area contributed by atoms with Crippen LogP contribution in [0, 0.1) is 0 Å². The third-order valence-electron chi connectivity index (χ3n) is 3.12. The number of benzene rings is 1. The average molecular weight is 323 g/mol. The topological polar surface area (TPSA) is 49.4 Å². The summed E-state index contributed by atoms with van der Waals surface area (Å²) in [5.41, 5.74) is 2.28. The standard InChI is InChI=1S/C12H16Cl2N2O2S/c1-19(17,18)15-3-5-16-4-2-11-9(8-16)6-10(13)7-12(11)14/h6-7,15H,2-5,8H2,1H3. The first-order valence-electron chi connectivity index (χ1n) is 5.99. The molecule has 0 amide bonds. The lowest BCUT2D eigenvalue weighted by atomic mass is 10.00. The molecule has 0 bridgehead atoms. The molecule has 0 unspecified atom stereocenters. The number of rotatable bonds is 4. The van der Waals surface area contributed by atoms with Gasteiger partial charge in [-0.15, -0.1) is 0 Å². The van der Waals surface area contributed by atoms with E-state index in [-0.39, 0.29) is 0 Å². The van der Waals surface area contributed by atoms with E-state index in [2.05, 4.69) is 9.62 Å². The van der Waals surface area contributed by atoms with Gasteiger partial charge in [-0.2, -0.15) is 0 Å². The summed E-state index contributed by atoms with van der Waals surface area (Å²) in [4.78, 5) is 2.19. The quantitative estimate of drug-likeness (QED) is 0.921. The molecule has 0 spiro atoms. The van der Waals surface area contributed by atoms with Crippen molar-refractivity contribution < 1.29 is 8.42 Å². The number of halogens is 2. The molecule has 0 saturated heterocycles. The molecule has 1 aliphatic rings. The van der Waals surface area contributed by atoms with Gasteiger partial charge in [0.2, 0.25) is 10.0 Å². The van der Waals surface area contributed by atoms with Crippen LogP contribution in [0.3, 0.4) is 0 Å². The zero-order valence-corrected chi connectivity index (χ0v) is 12.9. The van der Waals surface area contributed by atoms with E-state index in [0.29, 0.717) is 18.1 Å². The Morgan fingerprint density at radius 2 is 2.11 bits per heavy atom. The van der Waals surface area contributed by atoms with Crippen LogP contribution in [0.15, 0.2) is 12.1 Å². The highest BCUT2D eigenvalue weighted by molar-refractivity contribution is 7.88. The SMILES string of the molecule is CS(=O)(=O)NCCN1CCc2c(Cl)cc(Cl)cc2C1. The molecule has 106 valence electrons. The first-order chi connectivity index (χ1) is 8.85. The maximum Gasteiger partial charge on any atom is 0.208 e. The van der Waals surface area contributed by atoms with Gasteiger partial charge in [0.1, 0.15) is 0 Å². The van der Waals surface area contributed by atoms with E-state index in [4.69, 9.17) is 23.2 Å². The molecule has 0 atom stereocenters. The summed E-state index contributed by atoms with van der Waals surface area (Å²) in [5, 5.41) is 1.36. The molecule has 1 aromatic carbocycles. The molecule has 19 heavy (non-hydrogen) atoms. The van der Waals surface area contributed by atoms with Gasteiger partial charge in [-0.3, -0.25) is 4.90 Å². The van der Waals surface area contributed by atoms with E-state index in [1.165, 1.54) is 0 Å². The minimum absolute atomic E-state index is 0.419. The fourth-order valence-electron chi connectivity index (χ4n) is 2.25. The Bertz CT molecular complexity index is 575. The zero-order chi connectivity index (χ0) is 14.0. The Balaban J connectivity index is 1.98. The average Bonchev–Trinajstić information content (AvgIpc) is 2.26. The van der Waals surface area contributed by atoms with Crippen molar-refractivity contribution in [3.63, 3.8) is 0 Å². The second-order valence-electron chi connectivity index (χ2n) is 4.72. The Hall–Kier alpha value is -0.330. The lowest BCUT2D eigenvalue weighted by Gasteiger charge is -2.29. The number of hydrogen-bond acceptors (Lipinski definition) is 3. The van der Waals surface area contributed by atoms with E-state index in [1.807, 2.05) is 6.07 Å². The van der Waals surface area contributed by atoms with Crippen molar-refractivity contribution in [3.05, 3.63) is 33.3 Å². The monoisotopic (exact) mass is 322 g/mol. The van der Waals surface area contributed by atoms with Gasteiger partial charge in [0.15, 0.2) is 0 Å². The molecule has 1 aliphatic heterocycles. The van der Waals surface area contributed by atoms with Gasteiger partial charge >= 0.3 is 0 Å². The van der Waals surface area contributed by atoms with Crippen LogP contribution in [0.25, 0.3) is 0 Å². The van der Waals surface area contributed by atoms with Crippen LogP contribution >= 0.6 is 23.2 Å². The van der Waals surface area contributed by atoms with Crippen molar-refractivity contribution in [1.82, 2.24) is 9.62 Å². The first-order valence-corrected chi connectivity index (χ1v) is 8.64. The zero-order valence-electron chi connectivity index (χ0n) is 10.6. The Labute approximate surface area is 123 Å². The van der Waals surface area contributed by atoms with E-state index >= 15 is 0 Å². The van der Waals surface area contributed by atoms with Crippen LogP contribution in [0.5, 0.6) is 0 Å². The van der Waals surface area contributed by atoms with E-state index in [0.717, 1.165) is 41.9 Å². The van der Waals surface area contributed by atoms with Crippen LogP contribution in [-0.4, -0.2) is 39.2 Å². The second-order valence-corrected chi connectivity index (χ2v) is 7.39. The molecular weight excluding hydrogens is 307 g/mol. The van der Waals surface area contributed by atoms with Crippen molar-refractivity contribution in [2.24, 2.45) is 0 Å². The second kappa shape index (κ2) is 5.97. The highest BCUT2D eigenvalue weighted by Gasteiger charge is 2.19. The summed E-state index contributed by atoms with van der Waals surface area (Å²) in [7, 11) is -3.12. The Morgan fingerprint density at radius 1 is 1.37 bits per heavy atom. The fourth-order valence-corrected chi connectivity index (χ4v) is 3.34. The predicted octanol–water partition coefficient (Wildman–Crippen LogP) is 1.90. The van der Waals surface area contributed by atoms with Gasteiger partial charge in [-0.05, 0) is 29.7 Å². The maximum atomic E-state index is 11.0. The van der Waals surface area contributed by atoms with E-state index in [9.17, 15) is 8.42 Å². The summed E-state index contributed by atoms with van der Waals surface area (Å²) in [5.74, 6) is 0. The molecule has 1 N–H and O–H groups in total. The molecule has 0 fully saturated rings. The summed E-state index contributed by atoms with van der Waals surface area (Å²) < 4.78 is 24.5. The Kier molecular flexibility index (Phi) is 4.74. The lowest BCUT2D eigenvalue weighted by molar-refractivity contribution is 0.259. The van der Waals surface area contributed by atoms with Crippen LogP contribution in [0.4, 0.5) is 0 Å². The minimum atomic E-state index is -3.12. The molecular formula is C12H16Cl2N2O2S. The van der Waals surface area contributed by atoms with Gasteiger partial charge in [-0.25, -0.2) is 13.1 Å². The summed E-state index contributed by atoms with van der Waals surface area (Å²) >= 11 is 12.2. The van der Waals surface area contributed by atoms with Gasteiger partial charge in [0.05, 0.1) is 6.26 Å². The van der Waals surface area contributed by atoms with Crippen LogP contribution in [-0.2, 0) is 23.0 Å².